The first-order chi connectivity index (χ1) is 14.8. The summed E-state index contributed by atoms with van der Waals surface area (Å²) in [6, 6.07) is 1.79. The molecule has 6 nitrogen and oxygen atoms in total. The Bertz CT molecular complexity index is 966. The summed E-state index contributed by atoms with van der Waals surface area (Å²) in [6.45, 7) is 4.54. The molecule has 2 N–H and O–H groups in total. The van der Waals surface area contributed by atoms with Crippen molar-refractivity contribution in [2.75, 3.05) is 19.8 Å². The number of nitrogens with zero attached hydrogens (tertiary/aromatic N) is 4. The van der Waals surface area contributed by atoms with E-state index in [1.807, 2.05) is 4.90 Å². The highest BCUT2D eigenvalue weighted by molar-refractivity contribution is 5.94. The third-order valence-electron chi connectivity index (χ3n) is 5.72. The fourth-order valence-corrected chi connectivity index (χ4v) is 4.41. The van der Waals surface area contributed by atoms with Gasteiger partial charge in [0, 0.05) is 30.7 Å². The van der Waals surface area contributed by atoms with Crippen LogP contribution in [0.3, 0.4) is 0 Å². The Kier molecular flexibility index (Phi) is 6.00. The standard InChI is InChI=1S/C21H26F4N6/c1-12(2)8-13-10-31(11-14(9-22)27-13)17-6-5-16(21(23,24)25)19(28-17)18-15-4-3-7-26-20(15)30-29-18/h3-7,12-14,16,19,27H,8-11H2,1-2H3,(H,26,29,30)/t13?,14?,16?,19-/m0/s1. The average Bonchev–Trinajstić information content (AvgIpc) is 3.16. The van der Waals surface area contributed by atoms with Gasteiger partial charge in [-0.15, -0.1) is 0 Å². The van der Waals surface area contributed by atoms with E-state index in [0.29, 0.717) is 35.9 Å². The van der Waals surface area contributed by atoms with E-state index in [1.165, 1.54) is 12.3 Å². The summed E-state index contributed by atoms with van der Waals surface area (Å²) in [6.07, 6.45) is 0.477. The summed E-state index contributed by atoms with van der Waals surface area (Å²) in [5.74, 6) is -0.940. The summed E-state index contributed by atoms with van der Waals surface area (Å²) in [4.78, 5) is 10.5. The lowest BCUT2D eigenvalue weighted by atomic mass is 9.92. The van der Waals surface area contributed by atoms with Crippen molar-refractivity contribution >= 4 is 16.9 Å². The number of aromatic nitrogens is 3. The molecule has 168 valence electrons. The first kappa shape index (κ1) is 21.7. The van der Waals surface area contributed by atoms with Crippen molar-refractivity contribution in [3.05, 3.63) is 36.2 Å². The van der Waals surface area contributed by atoms with Crippen LogP contribution in [0.15, 0.2) is 35.5 Å². The fraction of sp³-hybridized carbons (Fsp3) is 0.571. The van der Waals surface area contributed by atoms with Gasteiger partial charge in [0.05, 0.1) is 11.7 Å². The second-order valence-electron chi connectivity index (χ2n) is 8.62. The molecule has 0 aliphatic carbocycles. The number of nitrogens with one attached hydrogen (secondary N) is 2. The van der Waals surface area contributed by atoms with Crippen LogP contribution in [0.4, 0.5) is 17.6 Å². The van der Waals surface area contributed by atoms with Crippen LogP contribution in [0, 0.1) is 11.8 Å². The van der Waals surface area contributed by atoms with Gasteiger partial charge < -0.3 is 10.2 Å². The lowest BCUT2D eigenvalue weighted by Crippen LogP contribution is -2.59. The molecular weight excluding hydrogens is 412 g/mol. The molecule has 4 heterocycles. The van der Waals surface area contributed by atoms with Crippen LogP contribution in [0.2, 0.25) is 0 Å². The SMILES string of the molecule is CC(C)CC1CN(C2=N[C@H](c3[nH]nc4ncccc34)C(C(F)(F)F)C=C2)CC(CF)N1. The number of alkyl halides is 4. The zero-order valence-corrected chi connectivity index (χ0v) is 17.4. The summed E-state index contributed by atoms with van der Waals surface area (Å²) in [7, 11) is 0. The van der Waals surface area contributed by atoms with Gasteiger partial charge in [0.15, 0.2) is 5.65 Å². The Balaban J connectivity index is 1.69. The van der Waals surface area contributed by atoms with Crippen LogP contribution in [0.25, 0.3) is 11.0 Å². The molecule has 1 saturated heterocycles. The van der Waals surface area contributed by atoms with E-state index >= 15 is 0 Å². The van der Waals surface area contributed by atoms with Crippen molar-refractivity contribution in [2.24, 2.45) is 16.8 Å². The molecule has 2 aromatic rings. The number of pyridine rings is 1. The first-order valence-electron chi connectivity index (χ1n) is 10.4. The fourth-order valence-electron chi connectivity index (χ4n) is 4.41. The highest BCUT2D eigenvalue weighted by atomic mass is 19.4. The van der Waals surface area contributed by atoms with Gasteiger partial charge >= 0.3 is 6.18 Å². The Labute approximate surface area is 177 Å². The van der Waals surface area contributed by atoms with E-state index in [4.69, 9.17) is 0 Å². The smallest absolute Gasteiger partial charge is 0.354 e. The molecule has 0 aromatic carbocycles. The number of hydrogen-bond donors (Lipinski definition) is 2. The third kappa shape index (κ3) is 4.58. The number of fused-ring (bicyclic) bond motifs is 1. The van der Waals surface area contributed by atoms with E-state index in [1.54, 1.807) is 12.1 Å². The average molecular weight is 438 g/mol. The molecule has 0 radical (unpaired) electrons. The van der Waals surface area contributed by atoms with Gasteiger partial charge in [0.25, 0.3) is 0 Å². The number of aliphatic imine (C=N–C) groups is 1. The van der Waals surface area contributed by atoms with Gasteiger partial charge in [0.1, 0.15) is 24.5 Å². The topological polar surface area (TPSA) is 69.2 Å². The summed E-state index contributed by atoms with van der Waals surface area (Å²) in [5.41, 5.74) is 0.629. The van der Waals surface area contributed by atoms with Crippen LogP contribution < -0.4 is 5.32 Å². The maximum atomic E-state index is 13.8. The number of rotatable bonds is 4. The number of aromatic amines is 1. The minimum Gasteiger partial charge on any atom is -0.354 e. The molecule has 31 heavy (non-hydrogen) atoms. The predicted octanol–water partition coefficient (Wildman–Crippen LogP) is 3.80. The maximum absolute atomic E-state index is 13.8. The van der Waals surface area contributed by atoms with E-state index in [2.05, 4.69) is 39.3 Å². The zero-order valence-electron chi connectivity index (χ0n) is 17.4. The Hall–Kier alpha value is -2.49. The predicted molar refractivity (Wildman–Crippen MR) is 110 cm³/mol. The molecule has 0 saturated carbocycles. The van der Waals surface area contributed by atoms with Crippen LogP contribution in [-0.2, 0) is 0 Å². The molecule has 2 aliphatic heterocycles. The second kappa shape index (κ2) is 8.57. The van der Waals surface area contributed by atoms with E-state index in [-0.39, 0.29) is 17.8 Å². The minimum atomic E-state index is -4.47. The van der Waals surface area contributed by atoms with Gasteiger partial charge in [-0.3, -0.25) is 10.1 Å². The van der Waals surface area contributed by atoms with Gasteiger partial charge in [-0.25, -0.2) is 9.37 Å². The monoisotopic (exact) mass is 438 g/mol. The highest BCUT2D eigenvalue weighted by Crippen LogP contribution is 2.42. The molecule has 3 unspecified atom stereocenters. The number of halogens is 4. The van der Waals surface area contributed by atoms with E-state index in [0.717, 1.165) is 12.5 Å². The molecule has 0 spiro atoms. The highest BCUT2D eigenvalue weighted by Gasteiger charge is 2.46. The largest absolute Gasteiger partial charge is 0.397 e. The lowest BCUT2D eigenvalue weighted by molar-refractivity contribution is -0.166. The number of amidine groups is 1. The summed E-state index contributed by atoms with van der Waals surface area (Å²) >= 11 is 0. The number of H-pyrrole nitrogens is 1. The molecule has 4 rings (SSSR count). The normalized spacial score (nSPS) is 27.2. The quantitative estimate of drug-likeness (QED) is 0.713. The molecule has 0 bridgehead atoms. The molecule has 1 fully saturated rings. The van der Waals surface area contributed by atoms with Crippen molar-refractivity contribution in [3.8, 4) is 0 Å². The number of piperazine rings is 1. The van der Waals surface area contributed by atoms with Gasteiger partial charge in [-0.05, 0) is 30.5 Å². The molecule has 2 aromatic heterocycles. The number of hydrogen-bond acceptors (Lipinski definition) is 5. The minimum absolute atomic E-state index is 0.0431. The van der Waals surface area contributed by atoms with Crippen molar-refractivity contribution in [3.63, 3.8) is 0 Å². The van der Waals surface area contributed by atoms with Crippen LogP contribution >= 0.6 is 0 Å². The van der Waals surface area contributed by atoms with E-state index in [9.17, 15) is 17.6 Å². The number of dihydropyridines is 1. The summed E-state index contributed by atoms with van der Waals surface area (Å²) in [5, 5.41) is 10.6. The van der Waals surface area contributed by atoms with Crippen molar-refractivity contribution in [1.82, 2.24) is 25.4 Å². The molecule has 2 aliphatic rings. The summed E-state index contributed by atoms with van der Waals surface area (Å²) < 4.78 is 55.0. The van der Waals surface area contributed by atoms with Gasteiger partial charge in [-0.1, -0.05) is 19.9 Å². The Morgan fingerprint density at radius 2 is 2.00 bits per heavy atom. The van der Waals surface area contributed by atoms with Crippen molar-refractivity contribution in [2.45, 2.75) is 44.6 Å². The zero-order chi connectivity index (χ0) is 22.2. The molecular formula is C21H26F4N6. The lowest BCUT2D eigenvalue weighted by Gasteiger charge is -2.41. The van der Waals surface area contributed by atoms with Crippen LogP contribution in [-0.4, -0.2) is 63.9 Å². The van der Waals surface area contributed by atoms with Crippen molar-refractivity contribution < 1.29 is 17.6 Å². The van der Waals surface area contributed by atoms with Gasteiger partial charge in [0.2, 0.25) is 0 Å². The van der Waals surface area contributed by atoms with E-state index < -0.39 is 24.8 Å². The van der Waals surface area contributed by atoms with Gasteiger partial charge in [-0.2, -0.15) is 18.3 Å². The van der Waals surface area contributed by atoms with Crippen LogP contribution in [0.1, 0.15) is 32.0 Å². The molecule has 10 heteroatoms. The third-order valence-corrected chi connectivity index (χ3v) is 5.72. The Morgan fingerprint density at radius 3 is 2.71 bits per heavy atom. The van der Waals surface area contributed by atoms with Crippen molar-refractivity contribution in [1.29, 1.82) is 0 Å². The first-order valence-corrected chi connectivity index (χ1v) is 10.4. The Morgan fingerprint density at radius 1 is 1.23 bits per heavy atom. The second-order valence-corrected chi connectivity index (χ2v) is 8.62. The molecule has 0 amide bonds. The molecule has 4 atom stereocenters. The maximum Gasteiger partial charge on any atom is 0.397 e. The van der Waals surface area contributed by atoms with Crippen LogP contribution in [0.5, 0.6) is 0 Å².